The van der Waals surface area contributed by atoms with Crippen molar-refractivity contribution in [3.8, 4) is 11.5 Å². The molecule has 0 radical (unpaired) electrons. The van der Waals surface area contributed by atoms with E-state index in [1.807, 2.05) is 25.1 Å². The van der Waals surface area contributed by atoms with Gasteiger partial charge >= 0.3 is 0 Å². The molecule has 18 heavy (non-hydrogen) atoms. The third-order valence-electron chi connectivity index (χ3n) is 3.02. The van der Waals surface area contributed by atoms with Crippen molar-refractivity contribution in [3.63, 3.8) is 0 Å². The highest BCUT2D eigenvalue weighted by molar-refractivity contribution is 9.10. The van der Waals surface area contributed by atoms with Gasteiger partial charge < -0.3 is 9.84 Å². The quantitative estimate of drug-likeness (QED) is 0.943. The number of benzene rings is 1. The Bertz CT molecular complexity index is 563. The van der Waals surface area contributed by atoms with Gasteiger partial charge in [-0.1, -0.05) is 27.2 Å². The van der Waals surface area contributed by atoms with E-state index in [2.05, 4.69) is 31.4 Å². The maximum atomic E-state index is 5.32. The summed E-state index contributed by atoms with van der Waals surface area (Å²) in [6, 6.07) is 6.69. The molecule has 94 valence electrons. The van der Waals surface area contributed by atoms with Crippen molar-refractivity contribution in [2.75, 3.05) is 0 Å². The van der Waals surface area contributed by atoms with Gasteiger partial charge in [0.2, 0.25) is 0 Å². The second-order valence-corrected chi connectivity index (χ2v) is 5.55. The van der Waals surface area contributed by atoms with Gasteiger partial charge in [0.05, 0.1) is 6.54 Å². The van der Waals surface area contributed by atoms with Gasteiger partial charge in [-0.25, -0.2) is 0 Å². The molecule has 5 heteroatoms. The Morgan fingerprint density at radius 3 is 3.06 bits per heavy atom. The van der Waals surface area contributed by atoms with Crippen LogP contribution in [0.5, 0.6) is 0 Å². The van der Waals surface area contributed by atoms with Crippen molar-refractivity contribution < 1.29 is 4.52 Å². The van der Waals surface area contributed by atoms with Crippen LogP contribution in [-0.2, 0) is 6.54 Å². The van der Waals surface area contributed by atoms with Crippen LogP contribution in [0.4, 0.5) is 0 Å². The molecule has 0 spiro atoms. The lowest BCUT2D eigenvalue weighted by atomic mass is 10.1. The maximum absolute atomic E-state index is 5.32. The first-order chi connectivity index (χ1) is 8.72. The van der Waals surface area contributed by atoms with Crippen molar-refractivity contribution in [3.05, 3.63) is 34.1 Å². The third kappa shape index (κ3) is 2.62. The van der Waals surface area contributed by atoms with Gasteiger partial charge in [0.15, 0.2) is 5.82 Å². The molecule has 4 nitrogen and oxygen atoms in total. The summed E-state index contributed by atoms with van der Waals surface area (Å²) in [5, 5.41) is 7.37. The van der Waals surface area contributed by atoms with Crippen molar-refractivity contribution in [2.45, 2.75) is 32.4 Å². The molecule has 0 saturated heterocycles. The highest BCUT2D eigenvalue weighted by Crippen LogP contribution is 2.25. The number of nitrogens with zero attached hydrogens (tertiary/aromatic N) is 2. The molecule has 1 aromatic carbocycles. The normalized spacial score (nSPS) is 15.0. The van der Waals surface area contributed by atoms with Crippen LogP contribution in [0.25, 0.3) is 11.5 Å². The molecule has 1 aromatic heterocycles. The molecule has 0 aliphatic heterocycles. The Balaban J connectivity index is 1.80. The molecule has 0 amide bonds. The average molecular weight is 308 g/mol. The molecule has 0 bridgehead atoms. The summed E-state index contributed by atoms with van der Waals surface area (Å²) in [7, 11) is 0. The van der Waals surface area contributed by atoms with Crippen LogP contribution < -0.4 is 5.32 Å². The number of aryl methyl sites for hydroxylation is 1. The van der Waals surface area contributed by atoms with E-state index in [9.17, 15) is 0 Å². The van der Waals surface area contributed by atoms with Gasteiger partial charge in [-0.15, -0.1) is 0 Å². The van der Waals surface area contributed by atoms with Crippen LogP contribution in [0.2, 0.25) is 0 Å². The molecule has 0 atom stereocenters. The summed E-state index contributed by atoms with van der Waals surface area (Å²) >= 11 is 3.46. The number of nitrogens with one attached hydrogen (secondary N) is 1. The van der Waals surface area contributed by atoms with E-state index in [0.717, 1.165) is 21.4 Å². The fourth-order valence-electron chi connectivity index (χ4n) is 1.78. The molecule has 0 unspecified atom stereocenters. The standard InChI is InChI=1S/C13H14BrN3O/c1-8-2-3-9(14)6-11(8)13-16-12(17-18-13)7-15-10-4-5-10/h2-3,6,10,15H,4-5,7H2,1H3. The zero-order chi connectivity index (χ0) is 12.5. The first-order valence-electron chi connectivity index (χ1n) is 6.05. The molecule has 1 saturated carbocycles. The van der Waals surface area contributed by atoms with Crippen LogP contribution in [0.1, 0.15) is 24.2 Å². The largest absolute Gasteiger partial charge is 0.334 e. The zero-order valence-electron chi connectivity index (χ0n) is 10.1. The zero-order valence-corrected chi connectivity index (χ0v) is 11.7. The average Bonchev–Trinajstić information content (AvgIpc) is 3.08. The van der Waals surface area contributed by atoms with Crippen molar-refractivity contribution in [1.82, 2.24) is 15.5 Å². The van der Waals surface area contributed by atoms with Gasteiger partial charge in [0, 0.05) is 16.1 Å². The summed E-state index contributed by atoms with van der Waals surface area (Å²) in [5.41, 5.74) is 2.11. The molecule has 1 fully saturated rings. The lowest BCUT2D eigenvalue weighted by Gasteiger charge is -2.00. The predicted octanol–water partition coefficient (Wildman–Crippen LogP) is 3.06. The van der Waals surface area contributed by atoms with E-state index in [0.29, 0.717) is 18.5 Å². The fraction of sp³-hybridized carbons (Fsp3) is 0.385. The van der Waals surface area contributed by atoms with Gasteiger partial charge in [-0.05, 0) is 37.5 Å². The van der Waals surface area contributed by atoms with Gasteiger partial charge in [-0.2, -0.15) is 4.98 Å². The Hall–Kier alpha value is -1.20. The number of hydrogen-bond acceptors (Lipinski definition) is 4. The van der Waals surface area contributed by atoms with E-state index in [4.69, 9.17) is 4.52 Å². The van der Waals surface area contributed by atoms with Crippen molar-refractivity contribution in [2.24, 2.45) is 0 Å². The third-order valence-corrected chi connectivity index (χ3v) is 3.52. The molecular formula is C13H14BrN3O. The number of rotatable bonds is 4. The van der Waals surface area contributed by atoms with Gasteiger partial charge in [0.25, 0.3) is 5.89 Å². The summed E-state index contributed by atoms with van der Waals surface area (Å²) in [5.74, 6) is 1.30. The van der Waals surface area contributed by atoms with Gasteiger partial charge in [-0.3, -0.25) is 0 Å². The van der Waals surface area contributed by atoms with Crippen molar-refractivity contribution in [1.29, 1.82) is 0 Å². The highest BCUT2D eigenvalue weighted by Gasteiger charge is 2.21. The number of hydrogen-bond donors (Lipinski definition) is 1. The van der Waals surface area contributed by atoms with E-state index in [-0.39, 0.29) is 0 Å². The number of aromatic nitrogens is 2. The Morgan fingerprint density at radius 2 is 2.28 bits per heavy atom. The smallest absolute Gasteiger partial charge is 0.258 e. The summed E-state index contributed by atoms with van der Waals surface area (Å²) in [4.78, 5) is 4.42. The minimum absolute atomic E-state index is 0.585. The summed E-state index contributed by atoms with van der Waals surface area (Å²) < 4.78 is 6.33. The van der Waals surface area contributed by atoms with Crippen LogP contribution in [0.15, 0.2) is 27.2 Å². The topological polar surface area (TPSA) is 51.0 Å². The fourth-order valence-corrected chi connectivity index (χ4v) is 2.14. The van der Waals surface area contributed by atoms with Crippen LogP contribution in [0.3, 0.4) is 0 Å². The predicted molar refractivity (Wildman–Crippen MR) is 72.0 cm³/mol. The molecule has 1 heterocycles. The first-order valence-corrected chi connectivity index (χ1v) is 6.84. The minimum atomic E-state index is 0.585. The molecule has 1 aliphatic rings. The van der Waals surface area contributed by atoms with Gasteiger partial charge in [0.1, 0.15) is 0 Å². The second kappa shape index (κ2) is 4.82. The lowest BCUT2D eigenvalue weighted by Crippen LogP contribution is -2.16. The van der Waals surface area contributed by atoms with Crippen molar-refractivity contribution >= 4 is 15.9 Å². The lowest BCUT2D eigenvalue weighted by molar-refractivity contribution is 0.419. The number of halogens is 1. The molecule has 1 N–H and O–H groups in total. The molecule has 2 aromatic rings. The van der Waals surface area contributed by atoms with Crippen LogP contribution in [-0.4, -0.2) is 16.2 Å². The van der Waals surface area contributed by atoms with E-state index < -0.39 is 0 Å². The minimum Gasteiger partial charge on any atom is -0.334 e. The highest BCUT2D eigenvalue weighted by atomic mass is 79.9. The SMILES string of the molecule is Cc1ccc(Br)cc1-c1nc(CNC2CC2)no1. The monoisotopic (exact) mass is 307 g/mol. The van der Waals surface area contributed by atoms with Crippen LogP contribution in [0, 0.1) is 6.92 Å². The van der Waals surface area contributed by atoms with Crippen LogP contribution >= 0.6 is 15.9 Å². The molecule has 1 aliphatic carbocycles. The van der Waals surface area contributed by atoms with E-state index in [1.165, 1.54) is 12.8 Å². The van der Waals surface area contributed by atoms with E-state index in [1.54, 1.807) is 0 Å². The molecular weight excluding hydrogens is 294 g/mol. The molecule has 3 rings (SSSR count). The summed E-state index contributed by atoms with van der Waals surface area (Å²) in [6.45, 7) is 2.72. The van der Waals surface area contributed by atoms with E-state index >= 15 is 0 Å². The Morgan fingerprint density at radius 1 is 1.44 bits per heavy atom. The first kappa shape index (κ1) is 11.9. The second-order valence-electron chi connectivity index (χ2n) is 4.63. The Kier molecular flexibility index (Phi) is 3.18. The Labute approximate surface area is 114 Å². The maximum Gasteiger partial charge on any atom is 0.258 e. The summed E-state index contributed by atoms with van der Waals surface area (Å²) in [6.07, 6.45) is 2.52.